The summed E-state index contributed by atoms with van der Waals surface area (Å²) in [6.45, 7) is 6.10. The van der Waals surface area contributed by atoms with Gasteiger partial charge in [-0.3, -0.25) is 4.79 Å². The first-order valence-electron chi connectivity index (χ1n) is 6.08. The molecule has 1 atom stereocenters. The van der Waals surface area contributed by atoms with Crippen LogP contribution in [0.4, 0.5) is 5.69 Å². The fourth-order valence-corrected chi connectivity index (χ4v) is 1.56. The van der Waals surface area contributed by atoms with Crippen LogP contribution in [0.25, 0.3) is 0 Å². The third kappa shape index (κ3) is 3.89. The number of amides is 1. The van der Waals surface area contributed by atoms with E-state index < -0.39 is 0 Å². The highest BCUT2D eigenvalue weighted by molar-refractivity contribution is 5.99. The summed E-state index contributed by atoms with van der Waals surface area (Å²) in [7, 11) is 0. The predicted molar refractivity (Wildman–Crippen MR) is 73.8 cm³/mol. The fourth-order valence-electron chi connectivity index (χ4n) is 1.56. The Morgan fingerprint density at radius 1 is 1.50 bits per heavy atom. The van der Waals surface area contributed by atoms with Gasteiger partial charge in [0.1, 0.15) is 0 Å². The van der Waals surface area contributed by atoms with Crippen LogP contribution in [0.3, 0.4) is 0 Å². The summed E-state index contributed by atoms with van der Waals surface area (Å²) < 4.78 is 0. The number of hydrogen-bond donors (Lipinski definition) is 3. The monoisotopic (exact) mass is 248 g/mol. The van der Waals surface area contributed by atoms with Gasteiger partial charge in [-0.2, -0.15) is 0 Å². The Labute approximate surface area is 108 Å². The molecule has 0 aliphatic rings. The summed E-state index contributed by atoms with van der Waals surface area (Å²) in [5.41, 5.74) is 1.34. The van der Waals surface area contributed by atoms with Crippen LogP contribution in [-0.4, -0.2) is 30.2 Å². The van der Waals surface area contributed by atoms with Gasteiger partial charge in [0.25, 0.3) is 5.91 Å². The number of nitrogens with one attached hydrogen (secondary N) is 2. The molecule has 18 heavy (non-hydrogen) atoms. The van der Waals surface area contributed by atoms with Gasteiger partial charge >= 0.3 is 0 Å². The highest BCUT2D eigenvalue weighted by Gasteiger charge is 2.13. The van der Waals surface area contributed by atoms with Crippen LogP contribution < -0.4 is 10.6 Å². The van der Waals surface area contributed by atoms with E-state index in [0.717, 1.165) is 5.69 Å². The molecule has 0 aromatic heterocycles. The highest BCUT2D eigenvalue weighted by Crippen LogP contribution is 2.14. The number of para-hydroxylation sites is 1. The summed E-state index contributed by atoms with van der Waals surface area (Å²) in [5.74, 6) is -0.178. The molecule has 0 spiro atoms. The zero-order chi connectivity index (χ0) is 13.4. The molecule has 1 amide bonds. The fraction of sp³-hybridized carbons (Fsp3) is 0.357. The summed E-state index contributed by atoms with van der Waals surface area (Å²) in [6, 6.07) is 7.08. The summed E-state index contributed by atoms with van der Waals surface area (Å²) in [6.07, 6.45) is 2.43. The van der Waals surface area contributed by atoms with Crippen molar-refractivity contribution in [3.05, 3.63) is 42.5 Å². The first kappa shape index (κ1) is 14.3. The Kier molecular flexibility index (Phi) is 5.94. The molecule has 0 heterocycles. The van der Waals surface area contributed by atoms with E-state index in [1.165, 1.54) is 0 Å². The second-order valence-corrected chi connectivity index (χ2v) is 3.98. The standard InChI is InChI=1S/C14H20N2O2/c1-3-9-15-13-8-6-5-7-12(13)14(18)16-11(4-2)10-17/h3,5-8,11,15,17H,1,4,9-10H2,2H3,(H,16,18)/t11-/m1/s1. The predicted octanol–water partition coefficient (Wildman–Crippen LogP) is 1.79. The van der Waals surface area contributed by atoms with E-state index in [1.807, 2.05) is 25.1 Å². The number of aliphatic hydroxyl groups is 1. The van der Waals surface area contributed by atoms with Crippen molar-refractivity contribution in [3.8, 4) is 0 Å². The van der Waals surface area contributed by atoms with E-state index >= 15 is 0 Å². The molecular weight excluding hydrogens is 228 g/mol. The van der Waals surface area contributed by atoms with Crippen molar-refractivity contribution in [2.45, 2.75) is 19.4 Å². The number of carbonyl (C=O) groups excluding carboxylic acids is 1. The summed E-state index contributed by atoms with van der Waals surface area (Å²) in [4.78, 5) is 12.1. The lowest BCUT2D eigenvalue weighted by Crippen LogP contribution is -2.37. The van der Waals surface area contributed by atoms with Crippen molar-refractivity contribution in [2.75, 3.05) is 18.5 Å². The van der Waals surface area contributed by atoms with E-state index in [0.29, 0.717) is 18.5 Å². The van der Waals surface area contributed by atoms with E-state index in [-0.39, 0.29) is 18.6 Å². The molecule has 1 aromatic rings. The van der Waals surface area contributed by atoms with Crippen molar-refractivity contribution in [3.63, 3.8) is 0 Å². The highest BCUT2D eigenvalue weighted by atomic mass is 16.3. The van der Waals surface area contributed by atoms with Gasteiger partial charge in [-0.25, -0.2) is 0 Å². The van der Waals surface area contributed by atoms with Crippen LogP contribution in [0.15, 0.2) is 36.9 Å². The first-order valence-corrected chi connectivity index (χ1v) is 6.08. The van der Waals surface area contributed by atoms with Crippen LogP contribution in [-0.2, 0) is 0 Å². The smallest absolute Gasteiger partial charge is 0.253 e. The minimum Gasteiger partial charge on any atom is -0.394 e. The number of aliphatic hydroxyl groups excluding tert-OH is 1. The Hall–Kier alpha value is -1.81. The molecular formula is C14H20N2O2. The van der Waals surface area contributed by atoms with Crippen molar-refractivity contribution < 1.29 is 9.90 Å². The van der Waals surface area contributed by atoms with Crippen LogP contribution >= 0.6 is 0 Å². The average Bonchev–Trinajstić information content (AvgIpc) is 2.42. The van der Waals surface area contributed by atoms with E-state index in [4.69, 9.17) is 5.11 Å². The lowest BCUT2D eigenvalue weighted by atomic mass is 10.1. The maximum absolute atomic E-state index is 12.1. The molecule has 0 saturated heterocycles. The molecule has 0 aliphatic heterocycles. The normalized spacial score (nSPS) is 11.7. The Morgan fingerprint density at radius 2 is 2.22 bits per heavy atom. The van der Waals surface area contributed by atoms with Crippen LogP contribution in [0.2, 0.25) is 0 Å². The maximum Gasteiger partial charge on any atom is 0.253 e. The molecule has 0 radical (unpaired) electrons. The molecule has 1 rings (SSSR count). The number of rotatable bonds is 7. The Bertz CT molecular complexity index is 401. The zero-order valence-electron chi connectivity index (χ0n) is 10.6. The molecule has 0 bridgehead atoms. The SMILES string of the molecule is C=CCNc1ccccc1C(=O)N[C@H](CC)CO. The zero-order valence-corrected chi connectivity index (χ0v) is 10.6. The largest absolute Gasteiger partial charge is 0.394 e. The Morgan fingerprint density at radius 3 is 2.83 bits per heavy atom. The second-order valence-electron chi connectivity index (χ2n) is 3.98. The first-order chi connectivity index (χ1) is 8.72. The maximum atomic E-state index is 12.1. The van der Waals surface area contributed by atoms with Gasteiger partial charge in [-0.15, -0.1) is 6.58 Å². The van der Waals surface area contributed by atoms with Gasteiger partial charge < -0.3 is 15.7 Å². The number of hydrogen-bond acceptors (Lipinski definition) is 3. The summed E-state index contributed by atoms with van der Waals surface area (Å²) in [5, 5.41) is 15.0. The molecule has 3 N–H and O–H groups in total. The van der Waals surface area contributed by atoms with Gasteiger partial charge in [0.05, 0.1) is 18.2 Å². The van der Waals surface area contributed by atoms with Crippen molar-refractivity contribution in [1.29, 1.82) is 0 Å². The lowest BCUT2D eigenvalue weighted by Gasteiger charge is -2.16. The topological polar surface area (TPSA) is 61.4 Å². The van der Waals surface area contributed by atoms with Crippen LogP contribution in [0.1, 0.15) is 23.7 Å². The van der Waals surface area contributed by atoms with Gasteiger partial charge in [-0.05, 0) is 18.6 Å². The minimum atomic E-state index is -0.204. The number of benzene rings is 1. The number of anilines is 1. The van der Waals surface area contributed by atoms with Crippen molar-refractivity contribution in [2.24, 2.45) is 0 Å². The van der Waals surface area contributed by atoms with Crippen LogP contribution in [0.5, 0.6) is 0 Å². The molecule has 98 valence electrons. The molecule has 1 aromatic carbocycles. The number of carbonyl (C=O) groups is 1. The van der Waals surface area contributed by atoms with Gasteiger partial charge in [-0.1, -0.05) is 25.1 Å². The molecule has 0 aliphatic carbocycles. The molecule has 4 heteroatoms. The third-order valence-electron chi connectivity index (χ3n) is 2.66. The van der Waals surface area contributed by atoms with E-state index in [9.17, 15) is 4.79 Å². The summed E-state index contributed by atoms with van der Waals surface area (Å²) >= 11 is 0. The minimum absolute atomic E-state index is 0.0511. The molecule has 0 saturated carbocycles. The second kappa shape index (κ2) is 7.50. The van der Waals surface area contributed by atoms with Gasteiger partial charge in [0.15, 0.2) is 0 Å². The molecule has 0 fully saturated rings. The van der Waals surface area contributed by atoms with Crippen molar-refractivity contribution in [1.82, 2.24) is 5.32 Å². The molecule has 0 unspecified atom stereocenters. The lowest BCUT2D eigenvalue weighted by molar-refractivity contribution is 0.0916. The van der Waals surface area contributed by atoms with E-state index in [2.05, 4.69) is 17.2 Å². The van der Waals surface area contributed by atoms with Gasteiger partial charge in [0.2, 0.25) is 0 Å². The Balaban J connectivity index is 2.80. The third-order valence-corrected chi connectivity index (χ3v) is 2.66. The van der Waals surface area contributed by atoms with Crippen molar-refractivity contribution >= 4 is 11.6 Å². The van der Waals surface area contributed by atoms with Gasteiger partial charge in [0, 0.05) is 12.2 Å². The van der Waals surface area contributed by atoms with Crippen LogP contribution in [0, 0.1) is 0 Å². The van der Waals surface area contributed by atoms with E-state index in [1.54, 1.807) is 12.1 Å². The average molecular weight is 248 g/mol. The quantitative estimate of drug-likeness (QED) is 0.645. The molecule has 4 nitrogen and oxygen atoms in total.